The van der Waals surface area contributed by atoms with Crippen LogP contribution in [-0.4, -0.2) is 71.3 Å². The Morgan fingerprint density at radius 1 is 1.29 bits per heavy atom. The molecule has 34 heavy (non-hydrogen) atoms. The third-order valence-corrected chi connectivity index (χ3v) is 5.79. The average Bonchev–Trinajstić information content (AvgIpc) is 3.49. The van der Waals surface area contributed by atoms with Crippen LogP contribution in [0.25, 0.3) is 11.1 Å². The summed E-state index contributed by atoms with van der Waals surface area (Å²) in [5, 5.41) is 13.0. The molecule has 0 fully saturated rings. The van der Waals surface area contributed by atoms with Gasteiger partial charge in [-0.1, -0.05) is 13.8 Å². The summed E-state index contributed by atoms with van der Waals surface area (Å²) in [6, 6.07) is 5.62. The molecule has 0 saturated carbocycles. The molecule has 2 aromatic heterocycles. The average molecular weight is 490 g/mol. The minimum Gasteiger partial charge on any atom is -0.444 e. The van der Waals surface area contributed by atoms with Gasteiger partial charge in [-0.2, -0.15) is 4.98 Å². The Morgan fingerprint density at radius 3 is 2.76 bits per heavy atom. The minimum atomic E-state index is -0.961. The van der Waals surface area contributed by atoms with Crippen LogP contribution in [0.4, 0.5) is 10.8 Å². The lowest BCUT2D eigenvalue weighted by molar-refractivity contribution is 0.0590. The maximum atomic E-state index is 13.3. The lowest BCUT2D eigenvalue weighted by Crippen LogP contribution is -2.44. The van der Waals surface area contributed by atoms with Crippen molar-refractivity contribution in [2.45, 2.75) is 33.5 Å². The number of alkyl carbamates (subject to hydrolysis) is 1. The molecular formula is C23H31N5O5S. The monoisotopic (exact) mass is 489 g/mol. The first-order valence-electron chi connectivity index (χ1n) is 11.1. The first-order chi connectivity index (χ1) is 16.3. The Morgan fingerprint density at radius 2 is 2.09 bits per heavy atom. The highest BCUT2D eigenvalue weighted by molar-refractivity contribution is 7.09. The smallest absolute Gasteiger partial charge is 0.407 e. The molecule has 11 heteroatoms. The second-order valence-corrected chi connectivity index (χ2v) is 9.35. The quantitative estimate of drug-likeness (QED) is 0.421. The molecule has 0 radical (unpaired) electrons. The Kier molecular flexibility index (Phi) is 8.83. The zero-order chi connectivity index (χ0) is 24.7. The van der Waals surface area contributed by atoms with E-state index < -0.39 is 12.2 Å². The maximum absolute atomic E-state index is 13.3. The van der Waals surface area contributed by atoms with Crippen LogP contribution < -0.4 is 10.2 Å². The molecule has 2 N–H and O–H groups in total. The van der Waals surface area contributed by atoms with Gasteiger partial charge in [0.2, 0.25) is 0 Å². The maximum Gasteiger partial charge on any atom is 0.407 e. The van der Waals surface area contributed by atoms with Gasteiger partial charge in [0, 0.05) is 45.0 Å². The number of aliphatic hydroxyl groups is 1. The zero-order valence-corrected chi connectivity index (χ0v) is 20.7. The van der Waals surface area contributed by atoms with E-state index in [1.807, 2.05) is 32.7 Å². The molecule has 0 aliphatic heterocycles. The number of rotatable bonds is 11. The zero-order valence-electron chi connectivity index (χ0n) is 19.9. The van der Waals surface area contributed by atoms with Crippen LogP contribution in [0, 0.1) is 5.92 Å². The number of carbonyl (C=O) groups excluding carboxylic acids is 2. The largest absolute Gasteiger partial charge is 0.444 e. The standard InChI is InChI=1S/C23H31N5O5S/c1-5-27(4)22-26-19-7-6-16(8-20(19)33-22)21(30)28(11-15(2)3)12-17(29)9-25-23(31)32-13-18-10-24-14-34-18/h6-8,10,14-15,17,29H,5,9,11-13H2,1-4H3,(H,25,31)/t17-/m0/s1. The van der Waals surface area contributed by atoms with Gasteiger partial charge in [-0.25, -0.2) is 4.79 Å². The van der Waals surface area contributed by atoms with E-state index in [0.29, 0.717) is 29.2 Å². The van der Waals surface area contributed by atoms with E-state index in [1.165, 1.54) is 11.3 Å². The molecule has 1 atom stereocenters. The molecule has 0 bridgehead atoms. The lowest BCUT2D eigenvalue weighted by Gasteiger charge is -2.27. The van der Waals surface area contributed by atoms with E-state index >= 15 is 0 Å². The molecule has 0 unspecified atom stereocenters. The molecule has 2 amide bonds. The van der Waals surface area contributed by atoms with Gasteiger partial charge in [0.05, 0.1) is 16.5 Å². The van der Waals surface area contributed by atoms with Gasteiger partial charge >= 0.3 is 6.09 Å². The number of anilines is 1. The van der Waals surface area contributed by atoms with Crippen molar-refractivity contribution in [2.75, 3.05) is 38.1 Å². The number of oxazole rings is 1. The Bertz CT molecular complexity index is 1080. The number of hydrogen-bond donors (Lipinski definition) is 2. The van der Waals surface area contributed by atoms with E-state index in [1.54, 1.807) is 34.8 Å². The molecule has 10 nitrogen and oxygen atoms in total. The number of nitrogens with one attached hydrogen (secondary N) is 1. The van der Waals surface area contributed by atoms with E-state index in [9.17, 15) is 14.7 Å². The number of benzene rings is 1. The van der Waals surface area contributed by atoms with Crippen molar-refractivity contribution >= 4 is 40.5 Å². The van der Waals surface area contributed by atoms with Gasteiger partial charge in [-0.05, 0) is 31.0 Å². The lowest BCUT2D eigenvalue weighted by atomic mass is 10.1. The second kappa shape index (κ2) is 11.8. The third kappa shape index (κ3) is 6.91. The van der Waals surface area contributed by atoms with Crippen LogP contribution in [-0.2, 0) is 11.3 Å². The number of carbonyl (C=O) groups is 2. The van der Waals surface area contributed by atoms with Crippen molar-refractivity contribution < 1.29 is 23.8 Å². The van der Waals surface area contributed by atoms with Crippen LogP contribution in [0.1, 0.15) is 36.0 Å². The molecule has 3 rings (SSSR count). The molecule has 1 aromatic carbocycles. The van der Waals surface area contributed by atoms with Gasteiger partial charge in [0.25, 0.3) is 11.9 Å². The van der Waals surface area contributed by atoms with Crippen molar-refractivity contribution in [2.24, 2.45) is 5.92 Å². The number of aromatic nitrogens is 2. The molecule has 0 spiro atoms. The van der Waals surface area contributed by atoms with Crippen molar-refractivity contribution in [3.05, 3.63) is 40.3 Å². The van der Waals surface area contributed by atoms with Crippen molar-refractivity contribution in [3.8, 4) is 0 Å². The SMILES string of the molecule is CCN(C)c1nc2ccc(C(=O)N(CC(C)C)C[C@@H](O)CNC(=O)OCc3cncs3)cc2o1. The molecule has 0 aliphatic carbocycles. The van der Waals surface area contributed by atoms with Crippen LogP contribution >= 0.6 is 11.3 Å². The first-order valence-corrected chi connectivity index (χ1v) is 12.0. The second-order valence-electron chi connectivity index (χ2n) is 8.38. The van der Waals surface area contributed by atoms with E-state index in [-0.39, 0.29) is 31.5 Å². The summed E-state index contributed by atoms with van der Waals surface area (Å²) in [7, 11) is 1.88. The normalized spacial score (nSPS) is 12.1. The number of aliphatic hydroxyl groups excluding tert-OH is 1. The van der Waals surface area contributed by atoms with Gasteiger partial charge in [-0.15, -0.1) is 11.3 Å². The summed E-state index contributed by atoms with van der Waals surface area (Å²) in [5.41, 5.74) is 3.29. The third-order valence-electron chi connectivity index (χ3n) is 5.04. The number of thiazole rings is 1. The van der Waals surface area contributed by atoms with Crippen molar-refractivity contribution in [1.82, 2.24) is 20.2 Å². The minimum absolute atomic E-state index is 0.0444. The first kappa shape index (κ1) is 25.4. The summed E-state index contributed by atoms with van der Waals surface area (Å²) in [6.45, 7) is 7.30. The van der Waals surface area contributed by atoms with Gasteiger partial charge in [-0.3, -0.25) is 9.78 Å². The van der Waals surface area contributed by atoms with Crippen molar-refractivity contribution in [1.29, 1.82) is 0 Å². The highest BCUT2D eigenvalue weighted by atomic mass is 32.1. The summed E-state index contributed by atoms with van der Waals surface area (Å²) >= 11 is 1.39. The molecule has 0 aliphatic rings. The number of fused-ring (bicyclic) bond motifs is 1. The van der Waals surface area contributed by atoms with Crippen LogP contribution in [0.5, 0.6) is 0 Å². The van der Waals surface area contributed by atoms with Crippen LogP contribution in [0.2, 0.25) is 0 Å². The van der Waals surface area contributed by atoms with E-state index in [4.69, 9.17) is 9.15 Å². The van der Waals surface area contributed by atoms with Crippen LogP contribution in [0.15, 0.2) is 34.3 Å². The topological polar surface area (TPSA) is 121 Å². The predicted molar refractivity (Wildman–Crippen MR) is 130 cm³/mol. The fourth-order valence-electron chi connectivity index (χ4n) is 3.23. The Labute approximate surface area is 202 Å². The summed E-state index contributed by atoms with van der Waals surface area (Å²) in [4.78, 5) is 37.8. The number of amides is 2. The molecule has 184 valence electrons. The fraction of sp³-hybridized carbons (Fsp3) is 0.478. The van der Waals surface area contributed by atoms with Gasteiger partial charge in [0.15, 0.2) is 5.58 Å². The molecule has 0 saturated heterocycles. The highest BCUT2D eigenvalue weighted by Gasteiger charge is 2.22. The predicted octanol–water partition coefficient (Wildman–Crippen LogP) is 3.13. The summed E-state index contributed by atoms with van der Waals surface area (Å²) < 4.78 is 10.9. The van der Waals surface area contributed by atoms with Gasteiger partial charge < -0.3 is 29.4 Å². The fourth-order valence-corrected chi connectivity index (χ4v) is 3.73. The number of hydrogen-bond acceptors (Lipinski definition) is 9. The van der Waals surface area contributed by atoms with E-state index in [2.05, 4.69) is 15.3 Å². The van der Waals surface area contributed by atoms with Gasteiger partial charge in [0.1, 0.15) is 12.1 Å². The molecule has 3 aromatic rings. The Balaban J connectivity index is 1.61. The summed E-state index contributed by atoms with van der Waals surface area (Å²) in [5.74, 6) is -0.0449. The highest BCUT2D eigenvalue weighted by Crippen LogP contribution is 2.23. The molecular weight excluding hydrogens is 458 g/mol. The number of ether oxygens (including phenoxy) is 1. The molecule has 2 heterocycles. The van der Waals surface area contributed by atoms with E-state index in [0.717, 1.165) is 11.4 Å². The number of nitrogens with zero attached hydrogens (tertiary/aromatic N) is 4. The summed E-state index contributed by atoms with van der Waals surface area (Å²) in [6.07, 6.45) is 0.0246. The Hall–Kier alpha value is -3.18. The van der Waals surface area contributed by atoms with Crippen molar-refractivity contribution in [3.63, 3.8) is 0 Å². The van der Waals surface area contributed by atoms with Crippen LogP contribution in [0.3, 0.4) is 0 Å².